The molecule has 1 saturated heterocycles. The van der Waals surface area contributed by atoms with E-state index < -0.39 is 24.5 Å². The highest BCUT2D eigenvalue weighted by Crippen LogP contribution is 2.57. The van der Waals surface area contributed by atoms with Crippen LogP contribution in [0.1, 0.15) is 42.3 Å². The summed E-state index contributed by atoms with van der Waals surface area (Å²) in [4.78, 5) is 16.6. The van der Waals surface area contributed by atoms with Crippen molar-refractivity contribution in [2.45, 2.75) is 56.7 Å². The number of nitrogens with zero attached hydrogens (tertiary/aromatic N) is 4. The van der Waals surface area contributed by atoms with Crippen molar-refractivity contribution in [2.24, 2.45) is 5.92 Å². The summed E-state index contributed by atoms with van der Waals surface area (Å²) in [5.74, 6) is 1.73. The van der Waals surface area contributed by atoms with Gasteiger partial charge < -0.3 is 24.8 Å². The molecule has 7 rings (SSSR count). The lowest BCUT2D eigenvalue weighted by molar-refractivity contribution is -0.0528. The van der Waals surface area contributed by atoms with Crippen LogP contribution in [0.5, 0.6) is 0 Å². The molecule has 34 heavy (non-hydrogen) atoms. The second-order valence-corrected chi connectivity index (χ2v) is 9.43. The van der Waals surface area contributed by atoms with Crippen LogP contribution in [0.2, 0.25) is 0 Å². The maximum absolute atomic E-state index is 15.1. The van der Waals surface area contributed by atoms with Gasteiger partial charge in [0, 0.05) is 36.7 Å². The van der Waals surface area contributed by atoms with E-state index in [1.54, 1.807) is 30.1 Å². The standard InChI is InChI=1S/C22H26FN7O4/c1-11-14(9-32-2)29-30-4-3-24-20(18(11)30)25-16-5-13(27-28-16)19-17(23)15(10-33-19)34-21(31)26-22-6-12(7-22)8-22/h3-5,12,15,17,19H,6-10H2,1-2H3,(H,26,31)(H2,24,25,27,28)/t12?,15-,17-,19-,22?/m0/s1. The number of ether oxygens (including phenoxy) is 3. The first-order valence-electron chi connectivity index (χ1n) is 11.3. The van der Waals surface area contributed by atoms with Gasteiger partial charge in [-0.3, -0.25) is 5.10 Å². The van der Waals surface area contributed by atoms with Crippen LogP contribution in [-0.4, -0.2) is 62.4 Å². The molecule has 3 atom stereocenters. The number of alkyl carbamates (subject to hydrolysis) is 1. The number of methoxy groups -OCH3 is 1. The second kappa shape index (κ2) is 7.91. The molecule has 2 bridgehead atoms. The Morgan fingerprint density at radius 3 is 2.97 bits per heavy atom. The van der Waals surface area contributed by atoms with Gasteiger partial charge in [-0.05, 0) is 32.1 Å². The van der Waals surface area contributed by atoms with Crippen molar-refractivity contribution in [3.8, 4) is 0 Å². The predicted octanol–water partition coefficient (Wildman–Crippen LogP) is 2.71. The van der Waals surface area contributed by atoms with Gasteiger partial charge in [-0.15, -0.1) is 0 Å². The molecular weight excluding hydrogens is 445 g/mol. The highest BCUT2D eigenvalue weighted by Gasteiger charge is 2.58. The van der Waals surface area contributed by atoms with E-state index >= 15 is 4.39 Å². The Hall–Kier alpha value is -3.25. The van der Waals surface area contributed by atoms with E-state index in [1.807, 2.05) is 6.92 Å². The lowest BCUT2D eigenvalue weighted by Gasteiger charge is -2.61. The molecule has 3 saturated carbocycles. The normalized spacial score (nSPS) is 29.5. The van der Waals surface area contributed by atoms with E-state index in [0.717, 1.165) is 42.0 Å². The topological polar surface area (TPSA) is 128 Å². The summed E-state index contributed by atoms with van der Waals surface area (Å²) in [6.07, 6.45) is 2.38. The number of aromatic nitrogens is 5. The number of anilines is 2. The minimum atomic E-state index is -1.51. The number of H-pyrrole nitrogens is 1. The number of carbonyl (C=O) groups is 1. The third kappa shape index (κ3) is 3.48. The maximum atomic E-state index is 15.1. The molecule has 11 nitrogen and oxygen atoms in total. The van der Waals surface area contributed by atoms with Crippen molar-refractivity contribution in [3.05, 3.63) is 35.4 Å². The van der Waals surface area contributed by atoms with E-state index in [0.29, 0.717) is 23.9 Å². The highest BCUT2D eigenvalue weighted by molar-refractivity contribution is 5.76. The monoisotopic (exact) mass is 471 g/mol. The lowest BCUT2D eigenvalue weighted by atomic mass is 9.50. The molecule has 0 radical (unpaired) electrons. The molecule has 1 amide bonds. The van der Waals surface area contributed by atoms with Gasteiger partial charge in [-0.25, -0.2) is 18.7 Å². The van der Waals surface area contributed by atoms with Gasteiger partial charge in [0.05, 0.1) is 24.6 Å². The fraction of sp³-hybridized carbons (Fsp3) is 0.545. The van der Waals surface area contributed by atoms with Crippen LogP contribution in [0, 0.1) is 12.8 Å². The van der Waals surface area contributed by atoms with Crippen molar-refractivity contribution in [2.75, 3.05) is 19.0 Å². The Morgan fingerprint density at radius 1 is 1.41 bits per heavy atom. The zero-order valence-electron chi connectivity index (χ0n) is 18.9. The molecule has 4 aliphatic rings. The Morgan fingerprint density at radius 2 is 2.24 bits per heavy atom. The summed E-state index contributed by atoms with van der Waals surface area (Å²) in [6.45, 7) is 2.32. The minimum absolute atomic E-state index is 0.0190. The van der Waals surface area contributed by atoms with Gasteiger partial charge in [-0.1, -0.05) is 0 Å². The first kappa shape index (κ1) is 21.3. The lowest BCUT2D eigenvalue weighted by Crippen LogP contribution is -2.68. The molecule has 3 aromatic rings. The van der Waals surface area contributed by atoms with Crippen LogP contribution in [0.25, 0.3) is 5.52 Å². The Balaban J connectivity index is 1.13. The minimum Gasteiger partial charge on any atom is -0.441 e. The number of nitrogens with one attached hydrogen (secondary N) is 3. The molecular formula is C22H26FN7O4. The predicted molar refractivity (Wildman–Crippen MR) is 117 cm³/mol. The number of carbonyl (C=O) groups excluding carboxylic acids is 1. The molecule has 3 N–H and O–H groups in total. The number of halogens is 1. The number of fused-ring (bicyclic) bond motifs is 1. The summed E-state index contributed by atoms with van der Waals surface area (Å²) in [5.41, 5.74) is 2.87. The van der Waals surface area contributed by atoms with Crippen LogP contribution in [-0.2, 0) is 20.8 Å². The van der Waals surface area contributed by atoms with E-state index in [4.69, 9.17) is 14.2 Å². The molecule has 0 aromatic carbocycles. The molecule has 0 spiro atoms. The summed E-state index contributed by atoms with van der Waals surface area (Å²) < 4.78 is 33.0. The van der Waals surface area contributed by atoms with Crippen molar-refractivity contribution in [1.29, 1.82) is 0 Å². The number of hydrogen-bond acceptors (Lipinski definition) is 8. The van der Waals surface area contributed by atoms with Crippen LogP contribution in [0.4, 0.5) is 20.8 Å². The molecule has 3 aliphatic carbocycles. The van der Waals surface area contributed by atoms with Crippen molar-refractivity contribution in [1.82, 2.24) is 30.1 Å². The highest BCUT2D eigenvalue weighted by atomic mass is 19.1. The Kier molecular flexibility index (Phi) is 4.96. The van der Waals surface area contributed by atoms with E-state index in [1.165, 1.54) is 0 Å². The number of aryl methyl sites for hydroxylation is 1. The number of rotatable bonds is 7. The fourth-order valence-corrected chi connectivity index (χ4v) is 5.18. The van der Waals surface area contributed by atoms with E-state index in [2.05, 4.69) is 30.9 Å². The summed E-state index contributed by atoms with van der Waals surface area (Å²) in [5, 5.41) is 17.6. The smallest absolute Gasteiger partial charge is 0.408 e. The SMILES string of the molecule is COCc1nn2ccnc(Nc3cc([C@@H]4OC[C@H](OC(=O)NC56CC(C5)C6)[C@@H]4F)[nH]n3)c2c1C. The summed E-state index contributed by atoms with van der Waals surface area (Å²) >= 11 is 0. The molecule has 12 heteroatoms. The first-order valence-corrected chi connectivity index (χ1v) is 11.3. The Labute approximate surface area is 194 Å². The van der Waals surface area contributed by atoms with Crippen LogP contribution < -0.4 is 10.6 Å². The van der Waals surface area contributed by atoms with Gasteiger partial charge >= 0.3 is 6.09 Å². The number of aromatic amines is 1. The van der Waals surface area contributed by atoms with Crippen LogP contribution in [0.3, 0.4) is 0 Å². The van der Waals surface area contributed by atoms with Crippen molar-refractivity contribution < 1.29 is 23.4 Å². The average Bonchev–Trinajstić information content (AvgIpc) is 3.44. The molecule has 4 fully saturated rings. The Bertz CT molecular complexity index is 1230. The quantitative estimate of drug-likeness (QED) is 0.480. The van der Waals surface area contributed by atoms with Gasteiger partial charge in [0.15, 0.2) is 23.9 Å². The second-order valence-electron chi connectivity index (χ2n) is 9.43. The third-order valence-electron chi connectivity index (χ3n) is 7.06. The van der Waals surface area contributed by atoms with Crippen molar-refractivity contribution >= 4 is 23.2 Å². The molecule has 1 aliphatic heterocycles. The molecule has 3 aromatic heterocycles. The van der Waals surface area contributed by atoms with E-state index in [9.17, 15) is 4.79 Å². The molecule has 4 heterocycles. The summed E-state index contributed by atoms with van der Waals surface area (Å²) in [6, 6.07) is 1.66. The molecule has 180 valence electrons. The van der Waals surface area contributed by atoms with Gasteiger partial charge in [0.2, 0.25) is 0 Å². The van der Waals surface area contributed by atoms with Crippen molar-refractivity contribution in [3.63, 3.8) is 0 Å². The maximum Gasteiger partial charge on any atom is 0.408 e. The zero-order chi connectivity index (χ0) is 23.4. The third-order valence-corrected chi connectivity index (χ3v) is 7.06. The van der Waals surface area contributed by atoms with Gasteiger partial charge in [0.1, 0.15) is 11.6 Å². The van der Waals surface area contributed by atoms with Crippen LogP contribution >= 0.6 is 0 Å². The molecule has 0 unspecified atom stereocenters. The number of alkyl halides is 1. The zero-order valence-corrected chi connectivity index (χ0v) is 18.9. The first-order chi connectivity index (χ1) is 16.4. The largest absolute Gasteiger partial charge is 0.441 e. The van der Waals surface area contributed by atoms with Gasteiger partial charge in [0.25, 0.3) is 0 Å². The average molecular weight is 471 g/mol. The summed E-state index contributed by atoms with van der Waals surface area (Å²) in [7, 11) is 1.62. The fourth-order valence-electron chi connectivity index (χ4n) is 5.18. The number of hydrogen-bond donors (Lipinski definition) is 3. The number of amides is 1. The van der Waals surface area contributed by atoms with E-state index in [-0.39, 0.29) is 12.1 Å². The van der Waals surface area contributed by atoms with Gasteiger partial charge in [-0.2, -0.15) is 10.2 Å². The van der Waals surface area contributed by atoms with Crippen LogP contribution in [0.15, 0.2) is 18.5 Å².